The number of carbonyl (C=O) groups is 1. The van der Waals surface area contributed by atoms with Crippen LogP contribution in [-0.4, -0.2) is 39.6 Å². The number of hydrogen-bond acceptors (Lipinski definition) is 6. The van der Waals surface area contributed by atoms with Crippen LogP contribution in [-0.2, 0) is 4.74 Å². The number of piperidine rings is 1. The van der Waals surface area contributed by atoms with Gasteiger partial charge in [-0.15, -0.1) is 0 Å². The number of nitrogens with zero attached hydrogens (tertiary/aromatic N) is 3. The van der Waals surface area contributed by atoms with E-state index < -0.39 is 0 Å². The summed E-state index contributed by atoms with van der Waals surface area (Å²) in [5, 5.41) is 3.84. The maximum atomic E-state index is 12.5. The minimum Gasteiger partial charge on any atom is -0.456 e. The molecule has 4 rings (SSSR count). The molecule has 7 heteroatoms. The van der Waals surface area contributed by atoms with Crippen molar-refractivity contribution < 1.29 is 18.5 Å². The molecule has 0 aromatic carbocycles. The Balaban J connectivity index is 1.38. The lowest BCUT2D eigenvalue weighted by Crippen LogP contribution is -2.46. The average Bonchev–Trinajstić information content (AvgIpc) is 3.28. The van der Waals surface area contributed by atoms with Crippen LogP contribution in [0, 0.1) is 13.8 Å². The van der Waals surface area contributed by atoms with Crippen molar-refractivity contribution in [1.29, 1.82) is 0 Å². The maximum Gasteiger partial charge on any atom is 0.289 e. The molecule has 2 aliphatic heterocycles. The van der Waals surface area contributed by atoms with Crippen molar-refractivity contribution >= 4 is 5.91 Å². The second kappa shape index (κ2) is 5.73. The second-order valence-electron chi connectivity index (χ2n) is 6.71. The van der Waals surface area contributed by atoms with E-state index in [0.29, 0.717) is 30.6 Å². The Kier molecular flexibility index (Phi) is 3.68. The van der Waals surface area contributed by atoms with Gasteiger partial charge in [-0.3, -0.25) is 4.79 Å². The summed E-state index contributed by atoms with van der Waals surface area (Å²) in [5.74, 6) is 2.32. The van der Waals surface area contributed by atoms with Gasteiger partial charge in [0.05, 0.1) is 5.60 Å². The molecule has 2 aromatic rings. The van der Waals surface area contributed by atoms with Crippen molar-refractivity contribution in [3.8, 4) is 0 Å². The highest BCUT2D eigenvalue weighted by atomic mass is 16.5. The minimum absolute atomic E-state index is 0.0416. The Morgan fingerprint density at radius 1 is 1.25 bits per heavy atom. The first-order chi connectivity index (χ1) is 11.5. The van der Waals surface area contributed by atoms with E-state index in [1.54, 1.807) is 13.0 Å². The summed E-state index contributed by atoms with van der Waals surface area (Å²) in [7, 11) is 0. The predicted octanol–water partition coefficient (Wildman–Crippen LogP) is 2.81. The molecule has 2 fully saturated rings. The molecule has 2 aliphatic rings. The molecule has 128 valence electrons. The van der Waals surface area contributed by atoms with Gasteiger partial charge in [0.25, 0.3) is 11.8 Å². The zero-order valence-electron chi connectivity index (χ0n) is 13.9. The van der Waals surface area contributed by atoms with Gasteiger partial charge in [-0.1, -0.05) is 5.16 Å². The number of rotatable bonds is 2. The van der Waals surface area contributed by atoms with Crippen LogP contribution < -0.4 is 0 Å². The second-order valence-corrected chi connectivity index (χ2v) is 6.71. The van der Waals surface area contributed by atoms with E-state index in [1.165, 1.54) is 0 Å². The van der Waals surface area contributed by atoms with Crippen molar-refractivity contribution in [2.45, 2.75) is 51.2 Å². The van der Waals surface area contributed by atoms with Gasteiger partial charge < -0.3 is 18.6 Å². The molecule has 1 spiro atoms. The molecule has 0 saturated carbocycles. The highest BCUT2D eigenvalue weighted by Gasteiger charge is 2.45. The van der Waals surface area contributed by atoms with Crippen LogP contribution in [0.25, 0.3) is 0 Å². The lowest BCUT2D eigenvalue weighted by atomic mass is 9.88. The van der Waals surface area contributed by atoms with E-state index in [-0.39, 0.29) is 17.6 Å². The minimum atomic E-state index is -0.178. The molecule has 2 aromatic heterocycles. The number of hydrogen-bond donors (Lipinski definition) is 0. The Morgan fingerprint density at radius 3 is 2.67 bits per heavy atom. The molecular weight excluding hydrogens is 310 g/mol. The van der Waals surface area contributed by atoms with E-state index in [0.717, 1.165) is 31.4 Å². The van der Waals surface area contributed by atoms with Gasteiger partial charge in [0.2, 0.25) is 0 Å². The lowest BCUT2D eigenvalue weighted by Gasteiger charge is -2.38. The number of aryl methyl sites for hydroxylation is 2. The Morgan fingerprint density at radius 2 is 2.04 bits per heavy atom. The van der Waals surface area contributed by atoms with Gasteiger partial charge in [-0.2, -0.15) is 4.98 Å². The van der Waals surface area contributed by atoms with Crippen molar-refractivity contribution in [2.75, 3.05) is 13.1 Å². The topological polar surface area (TPSA) is 81.6 Å². The summed E-state index contributed by atoms with van der Waals surface area (Å²) in [5.41, 5.74) is -0.178. The van der Waals surface area contributed by atoms with E-state index >= 15 is 0 Å². The quantitative estimate of drug-likeness (QED) is 0.841. The zero-order valence-corrected chi connectivity index (χ0v) is 13.9. The van der Waals surface area contributed by atoms with Crippen LogP contribution in [0.2, 0.25) is 0 Å². The third kappa shape index (κ3) is 2.73. The van der Waals surface area contributed by atoms with Gasteiger partial charge in [0, 0.05) is 13.1 Å². The lowest BCUT2D eigenvalue weighted by molar-refractivity contribution is -0.0822. The first-order valence-electron chi connectivity index (χ1n) is 8.38. The number of furan rings is 1. The van der Waals surface area contributed by atoms with E-state index in [4.69, 9.17) is 13.7 Å². The molecule has 0 aliphatic carbocycles. The fourth-order valence-electron chi connectivity index (χ4n) is 3.62. The van der Waals surface area contributed by atoms with Gasteiger partial charge in [0.15, 0.2) is 11.6 Å². The van der Waals surface area contributed by atoms with E-state index in [2.05, 4.69) is 10.1 Å². The molecule has 1 amide bonds. The molecule has 1 atom stereocenters. The van der Waals surface area contributed by atoms with Gasteiger partial charge in [0.1, 0.15) is 11.9 Å². The first kappa shape index (κ1) is 15.4. The summed E-state index contributed by atoms with van der Waals surface area (Å²) in [6.45, 7) is 4.99. The third-order valence-corrected chi connectivity index (χ3v) is 4.99. The van der Waals surface area contributed by atoms with Crippen LogP contribution in [0.5, 0.6) is 0 Å². The standard InChI is InChI=1S/C17H21N3O4/c1-11-3-4-14(22-11)16(21)20-9-7-17(8-10-20)6-5-13(23-17)15-18-12(2)19-24-15/h3-4,13H,5-10H2,1-2H3. The number of carbonyl (C=O) groups excluding carboxylic acids is 1. The molecule has 0 radical (unpaired) electrons. The predicted molar refractivity (Wildman–Crippen MR) is 83.4 cm³/mol. The summed E-state index contributed by atoms with van der Waals surface area (Å²) < 4.78 is 17.0. The van der Waals surface area contributed by atoms with E-state index in [1.807, 2.05) is 17.9 Å². The number of aromatic nitrogens is 2. The molecule has 0 N–H and O–H groups in total. The number of amides is 1. The summed E-state index contributed by atoms with van der Waals surface area (Å²) in [6, 6.07) is 3.55. The Labute approximate surface area is 140 Å². The van der Waals surface area contributed by atoms with Crippen LogP contribution in [0.4, 0.5) is 0 Å². The van der Waals surface area contributed by atoms with Crippen LogP contribution in [0.15, 0.2) is 21.1 Å². The van der Waals surface area contributed by atoms with Crippen molar-refractivity contribution in [1.82, 2.24) is 15.0 Å². The average molecular weight is 331 g/mol. The molecule has 24 heavy (non-hydrogen) atoms. The monoisotopic (exact) mass is 331 g/mol. The summed E-state index contributed by atoms with van der Waals surface area (Å²) >= 11 is 0. The summed E-state index contributed by atoms with van der Waals surface area (Å²) in [4.78, 5) is 18.6. The highest BCUT2D eigenvalue weighted by Crippen LogP contribution is 2.44. The molecule has 0 bridgehead atoms. The highest BCUT2D eigenvalue weighted by molar-refractivity contribution is 5.91. The maximum absolute atomic E-state index is 12.5. The van der Waals surface area contributed by atoms with Gasteiger partial charge in [-0.05, 0) is 51.7 Å². The normalized spacial score (nSPS) is 23.1. The fourth-order valence-corrected chi connectivity index (χ4v) is 3.62. The van der Waals surface area contributed by atoms with Crippen molar-refractivity contribution in [2.24, 2.45) is 0 Å². The van der Waals surface area contributed by atoms with Gasteiger partial charge in [-0.25, -0.2) is 0 Å². The molecule has 1 unspecified atom stereocenters. The number of ether oxygens (including phenoxy) is 1. The third-order valence-electron chi connectivity index (χ3n) is 4.99. The first-order valence-corrected chi connectivity index (χ1v) is 8.38. The van der Waals surface area contributed by atoms with Gasteiger partial charge >= 0.3 is 0 Å². The smallest absolute Gasteiger partial charge is 0.289 e. The van der Waals surface area contributed by atoms with Crippen molar-refractivity contribution in [3.05, 3.63) is 35.4 Å². The van der Waals surface area contributed by atoms with Crippen LogP contribution >= 0.6 is 0 Å². The molecule has 2 saturated heterocycles. The van der Waals surface area contributed by atoms with E-state index in [9.17, 15) is 4.79 Å². The van der Waals surface area contributed by atoms with Crippen molar-refractivity contribution in [3.63, 3.8) is 0 Å². The molecular formula is C17H21N3O4. The Hall–Kier alpha value is -2.15. The largest absolute Gasteiger partial charge is 0.456 e. The molecule has 4 heterocycles. The Bertz CT molecular complexity index is 743. The fraction of sp³-hybridized carbons (Fsp3) is 0.588. The summed E-state index contributed by atoms with van der Waals surface area (Å²) in [6.07, 6.45) is 3.36. The zero-order chi connectivity index (χ0) is 16.7. The molecule has 7 nitrogen and oxygen atoms in total. The SMILES string of the molecule is Cc1noc(C2CCC3(CCN(C(=O)c4ccc(C)o4)CC3)O2)n1. The van der Waals surface area contributed by atoms with Crippen LogP contribution in [0.3, 0.4) is 0 Å². The number of likely N-dealkylation sites (tertiary alicyclic amines) is 1. The van der Waals surface area contributed by atoms with Crippen LogP contribution in [0.1, 0.15) is 59.8 Å².